The van der Waals surface area contributed by atoms with Gasteiger partial charge in [-0.05, 0) is 49.8 Å². The van der Waals surface area contributed by atoms with Gasteiger partial charge >= 0.3 is 17.9 Å². The maximum absolute atomic E-state index is 12.6. The normalized spacial score (nSPS) is 13.5. The van der Waals surface area contributed by atoms with E-state index < -0.39 is 28.5 Å². The van der Waals surface area contributed by atoms with Gasteiger partial charge in [0, 0.05) is 24.0 Å². The molecule has 1 aliphatic heterocycles. The molecule has 0 saturated carbocycles. The van der Waals surface area contributed by atoms with Crippen molar-refractivity contribution < 1.29 is 22.7 Å². The number of carbonyl (C=O) groups excluding carboxylic acids is 1. The van der Waals surface area contributed by atoms with Crippen LogP contribution in [0.3, 0.4) is 0 Å². The van der Waals surface area contributed by atoms with E-state index in [0.717, 1.165) is 6.08 Å². The number of aryl methyl sites for hydroxylation is 1. The molecule has 0 radical (unpaired) electrons. The predicted octanol–water partition coefficient (Wildman–Crippen LogP) is 5.03. The molecule has 2 amide bonds. The molecule has 1 aromatic carbocycles. The number of amides is 2. The molecule has 8 nitrogen and oxygen atoms in total. The average Bonchev–Trinajstić information content (AvgIpc) is 3.11. The quantitative estimate of drug-likeness (QED) is 0.388. The number of nitrogens with zero attached hydrogens (tertiary/aromatic N) is 1. The number of H-pyrrole nitrogens is 2. The zero-order chi connectivity index (χ0) is 27.8. The minimum atomic E-state index is -4.64. The van der Waals surface area contributed by atoms with Crippen molar-refractivity contribution >= 4 is 29.1 Å². The van der Waals surface area contributed by atoms with Crippen LogP contribution in [0, 0.1) is 6.92 Å². The van der Waals surface area contributed by atoms with Crippen molar-refractivity contribution in [1.82, 2.24) is 15.3 Å². The Balaban J connectivity index is 0.00000235. The van der Waals surface area contributed by atoms with Crippen molar-refractivity contribution in [2.45, 2.75) is 40.3 Å². The number of halogens is 4. The molecule has 12 heteroatoms. The van der Waals surface area contributed by atoms with Crippen molar-refractivity contribution in [2.24, 2.45) is 4.99 Å². The van der Waals surface area contributed by atoms with E-state index in [9.17, 15) is 22.8 Å². The van der Waals surface area contributed by atoms with E-state index in [1.807, 2.05) is 13.8 Å². The Morgan fingerprint density at radius 1 is 1.24 bits per heavy atom. The minimum absolute atomic E-state index is 0.256. The molecule has 0 unspecified atom stereocenters. The summed E-state index contributed by atoms with van der Waals surface area (Å²) in [6.07, 6.45) is 1.35. The topological polar surface area (TPSA) is 111 Å². The maximum atomic E-state index is 12.6. The molecule has 2 heterocycles. The molecule has 0 aliphatic carbocycles. The van der Waals surface area contributed by atoms with Crippen LogP contribution in [0.15, 0.2) is 75.3 Å². The molecule has 4 N–H and O–H groups in total. The van der Waals surface area contributed by atoms with E-state index >= 15 is 0 Å². The van der Waals surface area contributed by atoms with Crippen molar-refractivity contribution in [3.05, 3.63) is 92.4 Å². The Bertz CT molecular complexity index is 1430. The van der Waals surface area contributed by atoms with Crippen LogP contribution in [-0.4, -0.2) is 22.2 Å². The van der Waals surface area contributed by atoms with Gasteiger partial charge in [0.25, 0.3) is 0 Å². The molecule has 1 aromatic heterocycles. The number of urea groups is 1. The molecule has 1 aliphatic rings. The molecular formula is C25H27ClF3N5O3. The number of ether oxygens (including phenoxy) is 1. The van der Waals surface area contributed by atoms with E-state index in [2.05, 4.69) is 32.2 Å². The monoisotopic (exact) mass is 537 g/mol. The van der Waals surface area contributed by atoms with Gasteiger partial charge in [0.05, 0.1) is 10.6 Å². The fourth-order valence-corrected chi connectivity index (χ4v) is 3.12. The van der Waals surface area contributed by atoms with Gasteiger partial charge in [-0.1, -0.05) is 38.1 Å². The summed E-state index contributed by atoms with van der Waals surface area (Å²) in [6, 6.07) is 4.34. The molecule has 3 rings (SSSR count). The Kier molecular flexibility index (Phi) is 10.1. The van der Waals surface area contributed by atoms with Crippen LogP contribution in [0.5, 0.6) is 5.75 Å². The van der Waals surface area contributed by atoms with Crippen molar-refractivity contribution in [3.8, 4) is 5.75 Å². The summed E-state index contributed by atoms with van der Waals surface area (Å²) in [4.78, 5) is 33.3. The molecule has 0 bridgehead atoms. The molecule has 0 spiro atoms. The van der Waals surface area contributed by atoms with Crippen LogP contribution < -0.4 is 31.9 Å². The van der Waals surface area contributed by atoms with Gasteiger partial charge in [-0.15, -0.1) is 0 Å². The van der Waals surface area contributed by atoms with Gasteiger partial charge in [0.15, 0.2) is 5.49 Å². The molecule has 0 saturated heterocycles. The average molecular weight is 538 g/mol. The zero-order valence-corrected chi connectivity index (χ0v) is 21.4. The second-order valence-corrected chi connectivity index (χ2v) is 7.85. The van der Waals surface area contributed by atoms with Gasteiger partial charge in [-0.2, -0.15) is 13.2 Å². The second-order valence-electron chi connectivity index (χ2n) is 7.45. The number of benzene rings is 1. The Morgan fingerprint density at radius 2 is 1.95 bits per heavy atom. The summed E-state index contributed by atoms with van der Waals surface area (Å²) < 4.78 is 43.8. The number of hydrogen-bond acceptors (Lipinski definition) is 4. The Hall–Kier alpha value is -3.99. The lowest BCUT2D eigenvalue weighted by molar-refractivity contribution is -0.0882. The highest BCUT2D eigenvalue weighted by molar-refractivity contribution is 6.32. The summed E-state index contributed by atoms with van der Waals surface area (Å²) in [5.41, 5.74) is 0.200. The maximum Gasteiger partial charge on any atom is 0.417 e. The lowest BCUT2D eigenvalue weighted by atomic mass is 10.2. The van der Waals surface area contributed by atoms with Crippen molar-refractivity contribution in [2.75, 3.05) is 5.32 Å². The SMILES string of the molecule is C=C(/C(Cl)=C\C=C(/C)NC(=O)Nc1ccc(OC2=c3[nH]c(=O)[nH]c3=NC=CC2)c(C)c1)C(F)(F)F.CC. The van der Waals surface area contributed by atoms with Gasteiger partial charge < -0.3 is 20.4 Å². The summed E-state index contributed by atoms with van der Waals surface area (Å²) in [6.45, 7) is 10.2. The molecule has 0 fully saturated rings. The molecule has 0 atom stereocenters. The van der Waals surface area contributed by atoms with E-state index in [1.54, 1.807) is 37.4 Å². The van der Waals surface area contributed by atoms with Gasteiger partial charge in [0.2, 0.25) is 0 Å². The van der Waals surface area contributed by atoms with E-state index in [4.69, 9.17) is 16.3 Å². The second kappa shape index (κ2) is 12.8. The lowest BCUT2D eigenvalue weighted by Gasteiger charge is -2.13. The number of imidazole rings is 1. The minimum Gasteiger partial charge on any atom is -0.459 e. The third-order valence-electron chi connectivity index (χ3n) is 4.69. The standard InChI is InChI=1S/C23H21ClF3N5O3.C2H6/c1-12-11-15(30-21(33)29-13(2)6-8-16(24)14(3)23(25,26)27)7-9-17(12)35-18-5-4-10-28-20-19(18)31-22(34)32-20;1-2/h4,6-11H,3,5H2,1-2H3,(H2,29,30,33)(H2,28,31,32,34);1-2H3/b13-6+,16-8+;. The van der Waals surface area contributed by atoms with Gasteiger partial charge in [-0.3, -0.25) is 4.98 Å². The molecular weight excluding hydrogens is 511 g/mol. The number of aromatic amines is 2. The number of anilines is 1. The Morgan fingerprint density at radius 3 is 2.59 bits per heavy atom. The highest BCUT2D eigenvalue weighted by Gasteiger charge is 2.33. The third-order valence-corrected chi connectivity index (χ3v) is 5.04. The molecule has 2 aromatic rings. The fourth-order valence-electron chi connectivity index (χ4n) is 2.95. The number of carbonyl (C=O) groups is 1. The molecule has 37 heavy (non-hydrogen) atoms. The van der Waals surface area contributed by atoms with Gasteiger partial charge in [-0.25, -0.2) is 14.6 Å². The Labute approximate surface area is 216 Å². The van der Waals surface area contributed by atoms with Crippen LogP contribution in [0.4, 0.5) is 23.7 Å². The van der Waals surface area contributed by atoms with Gasteiger partial charge in [0.1, 0.15) is 16.9 Å². The van der Waals surface area contributed by atoms with Crippen LogP contribution in [-0.2, 0) is 0 Å². The largest absolute Gasteiger partial charge is 0.459 e. The fraction of sp³-hybridized carbons (Fsp3) is 0.240. The highest BCUT2D eigenvalue weighted by Crippen LogP contribution is 2.31. The first-order valence-electron chi connectivity index (χ1n) is 11.2. The van der Waals surface area contributed by atoms with Crippen molar-refractivity contribution in [1.29, 1.82) is 0 Å². The number of allylic oxidation sites excluding steroid dienone is 5. The number of nitrogens with one attached hydrogen (secondary N) is 4. The number of fused-ring (bicyclic) bond motifs is 1. The predicted molar refractivity (Wildman–Crippen MR) is 138 cm³/mol. The summed E-state index contributed by atoms with van der Waals surface area (Å²) >= 11 is 5.59. The van der Waals surface area contributed by atoms with E-state index in [1.165, 1.54) is 13.0 Å². The molecule has 198 valence electrons. The smallest absolute Gasteiger partial charge is 0.417 e. The number of aromatic nitrogens is 2. The lowest BCUT2D eigenvalue weighted by Crippen LogP contribution is -2.28. The number of hydrogen-bond donors (Lipinski definition) is 4. The van der Waals surface area contributed by atoms with Crippen LogP contribution in [0.25, 0.3) is 5.76 Å². The highest BCUT2D eigenvalue weighted by atomic mass is 35.5. The third kappa shape index (κ3) is 8.28. The first-order chi connectivity index (χ1) is 17.4. The first-order valence-corrected chi connectivity index (χ1v) is 11.5. The number of alkyl halides is 3. The summed E-state index contributed by atoms with van der Waals surface area (Å²) in [5.74, 6) is 1.01. The van der Waals surface area contributed by atoms with Crippen LogP contribution in [0.2, 0.25) is 0 Å². The van der Waals surface area contributed by atoms with E-state index in [-0.39, 0.29) is 5.70 Å². The number of rotatable bonds is 6. The van der Waals surface area contributed by atoms with Crippen LogP contribution in [0.1, 0.15) is 32.8 Å². The summed E-state index contributed by atoms with van der Waals surface area (Å²) in [5, 5.41) is 4.98. The summed E-state index contributed by atoms with van der Waals surface area (Å²) in [7, 11) is 0. The van der Waals surface area contributed by atoms with Crippen molar-refractivity contribution in [3.63, 3.8) is 0 Å². The van der Waals surface area contributed by atoms with E-state index in [0.29, 0.717) is 40.0 Å². The van der Waals surface area contributed by atoms with Crippen LogP contribution >= 0.6 is 11.6 Å². The zero-order valence-electron chi connectivity index (χ0n) is 20.6. The first kappa shape index (κ1) is 29.2.